The Bertz CT molecular complexity index is 1840. The lowest BCUT2D eigenvalue weighted by Gasteiger charge is -2.31. The molecule has 1 saturated heterocycles. The summed E-state index contributed by atoms with van der Waals surface area (Å²) in [6.45, 7) is 11.2. The van der Waals surface area contributed by atoms with Crippen LogP contribution in [0.3, 0.4) is 0 Å². The molecule has 0 unspecified atom stereocenters. The van der Waals surface area contributed by atoms with Gasteiger partial charge in [-0.15, -0.1) is 16.8 Å². The van der Waals surface area contributed by atoms with E-state index in [1.54, 1.807) is 0 Å². The Kier molecular flexibility index (Phi) is 6.13. The molecule has 1 atom stereocenters. The van der Waals surface area contributed by atoms with Gasteiger partial charge in [0.15, 0.2) is 0 Å². The second-order valence-electron chi connectivity index (χ2n) is 10.3. The summed E-state index contributed by atoms with van der Waals surface area (Å²) in [4.78, 5) is 2.47. The SMILES string of the molecule is C=CCn1cc(-c2n[nH]c3ccc(-c4nnc([C@@H]5CCCN(Cc6cc7ccccc7n6C=C)C5)o4)cc23)cn1. The molecule has 0 saturated carbocycles. The molecule has 0 bridgehead atoms. The molecule has 4 aromatic heterocycles. The zero-order valence-electron chi connectivity index (χ0n) is 22.2. The van der Waals surface area contributed by atoms with Crippen molar-refractivity contribution in [3.05, 3.63) is 91.7 Å². The van der Waals surface area contributed by atoms with Crippen LogP contribution >= 0.6 is 0 Å². The molecular weight excluding hydrogens is 500 g/mol. The Morgan fingerprint density at radius 3 is 2.90 bits per heavy atom. The van der Waals surface area contributed by atoms with Gasteiger partial charge in [0.2, 0.25) is 11.8 Å². The van der Waals surface area contributed by atoms with Crippen molar-refractivity contribution < 1.29 is 4.42 Å². The lowest BCUT2D eigenvalue weighted by molar-refractivity contribution is 0.184. The molecule has 0 amide bonds. The van der Waals surface area contributed by atoms with Crippen molar-refractivity contribution in [3.8, 4) is 22.7 Å². The quantitative estimate of drug-likeness (QED) is 0.239. The van der Waals surface area contributed by atoms with Crippen LogP contribution in [0.2, 0.25) is 0 Å². The Hall–Kier alpha value is -4.76. The van der Waals surface area contributed by atoms with Gasteiger partial charge in [-0.05, 0) is 49.7 Å². The van der Waals surface area contributed by atoms with Gasteiger partial charge in [-0.1, -0.05) is 30.9 Å². The number of aromatic nitrogens is 7. The maximum atomic E-state index is 6.28. The summed E-state index contributed by atoms with van der Waals surface area (Å²) in [5, 5.41) is 23.2. The van der Waals surface area contributed by atoms with Gasteiger partial charge in [0.05, 0.1) is 29.7 Å². The van der Waals surface area contributed by atoms with Crippen molar-refractivity contribution in [3.63, 3.8) is 0 Å². The third-order valence-electron chi connectivity index (χ3n) is 7.72. The molecule has 40 heavy (non-hydrogen) atoms. The third kappa shape index (κ3) is 4.34. The number of hydrogen-bond donors (Lipinski definition) is 1. The highest BCUT2D eigenvalue weighted by Gasteiger charge is 2.27. The Labute approximate surface area is 231 Å². The minimum atomic E-state index is 0.195. The number of aromatic amines is 1. The van der Waals surface area contributed by atoms with Crippen LogP contribution in [-0.4, -0.2) is 52.7 Å². The van der Waals surface area contributed by atoms with Gasteiger partial charge in [0.25, 0.3) is 0 Å². The van der Waals surface area contributed by atoms with E-state index in [0.717, 1.165) is 60.2 Å². The highest BCUT2D eigenvalue weighted by molar-refractivity contribution is 5.94. The first-order chi connectivity index (χ1) is 19.7. The summed E-state index contributed by atoms with van der Waals surface area (Å²) in [5.41, 5.74) is 6.01. The molecule has 0 aliphatic carbocycles. The second-order valence-corrected chi connectivity index (χ2v) is 10.3. The van der Waals surface area contributed by atoms with E-state index in [4.69, 9.17) is 4.42 Å². The number of hydrogen-bond acceptors (Lipinski definition) is 6. The van der Waals surface area contributed by atoms with Gasteiger partial charge in [-0.25, -0.2) is 0 Å². The summed E-state index contributed by atoms with van der Waals surface area (Å²) in [6.07, 6.45) is 9.62. The topological polar surface area (TPSA) is 93.6 Å². The highest BCUT2D eigenvalue weighted by atomic mass is 16.4. The normalized spacial score (nSPS) is 16.1. The first-order valence-electron chi connectivity index (χ1n) is 13.6. The van der Waals surface area contributed by atoms with Crippen LogP contribution in [0.1, 0.15) is 30.3 Å². The number of nitrogens with one attached hydrogen (secondary N) is 1. The fraction of sp³-hybridized carbons (Fsp3) is 0.226. The fourth-order valence-corrected chi connectivity index (χ4v) is 5.80. The van der Waals surface area contributed by atoms with Crippen LogP contribution in [0.25, 0.3) is 50.7 Å². The molecule has 0 radical (unpaired) electrons. The average Bonchev–Trinajstić information content (AvgIpc) is 3.78. The van der Waals surface area contributed by atoms with Crippen LogP contribution in [0, 0.1) is 0 Å². The fourth-order valence-electron chi connectivity index (χ4n) is 5.80. The predicted molar refractivity (Wildman–Crippen MR) is 156 cm³/mol. The maximum absolute atomic E-state index is 6.28. The van der Waals surface area contributed by atoms with Crippen molar-refractivity contribution in [1.29, 1.82) is 0 Å². The second kappa shape index (κ2) is 10.1. The molecule has 9 nitrogen and oxygen atoms in total. The minimum Gasteiger partial charge on any atom is -0.420 e. The van der Waals surface area contributed by atoms with Crippen LogP contribution < -0.4 is 0 Å². The lowest BCUT2D eigenvalue weighted by Crippen LogP contribution is -2.34. The van der Waals surface area contributed by atoms with E-state index in [1.165, 1.54) is 16.6 Å². The van der Waals surface area contributed by atoms with E-state index in [0.29, 0.717) is 18.3 Å². The van der Waals surface area contributed by atoms with Gasteiger partial charge in [0.1, 0.15) is 5.69 Å². The monoisotopic (exact) mass is 530 g/mol. The van der Waals surface area contributed by atoms with E-state index in [-0.39, 0.29) is 5.92 Å². The first-order valence-corrected chi connectivity index (χ1v) is 13.6. The Balaban J connectivity index is 1.11. The van der Waals surface area contributed by atoms with Crippen molar-refractivity contribution >= 4 is 28.0 Å². The molecular formula is C31H30N8O. The number of benzene rings is 2. The van der Waals surface area contributed by atoms with Crippen molar-refractivity contribution in [2.24, 2.45) is 0 Å². The molecule has 1 aliphatic rings. The third-order valence-corrected chi connectivity index (χ3v) is 7.72. The van der Waals surface area contributed by atoms with Crippen molar-refractivity contribution in [2.75, 3.05) is 13.1 Å². The number of piperidine rings is 1. The van der Waals surface area contributed by atoms with E-state index >= 15 is 0 Å². The number of fused-ring (bicyclic) bond motifs is 2. The number of likely N-dealkylation sites (tertiary alicyclic amines) is 1. The molecule has 6 aromatic rings. The van der Waals surface area contributed by atoms with Gasteiger partial charge >= 0.3 is 0 Å². The van der Waals surface area contributed by atoms with E-state index < -0.39 is 0 Å². The molecule has 200 valence electrons. The summed E-state index contributed by atoms with van der Waals surface area (Å²) < 4.78 is 10.3. The zero-order valence-corrected chi connectivity index (χ0v) is 22.2. The number of nitrogens with zero attached hydrogens (tertiary/aromatic N) is 7. The molecule has 5 heterocycles. The molecule has 7 rings (SSSR count). The van der Waals surface area contributed by atoms with Gasteiger partial charge in [-0.3, -0.25) is 14.7 Å². The number of H-pyrrole nitrogens is 1. The minimum absolute atomic E-state index is 0.195. The van der Waals surface area contributed by atoms with Crippen LogP contribution in [-0.2, 0) is 13.1 Å². The average molecular weight is 531 g/mol. The molecule has 2 aromatic carbocycles. The van der Waals surface area contributed by atoms with Gasteiger partial charge < -0.3 is 8.98 Å². The van der Waals surface area contributed by atoms with E-state index in [1.807, 2.05) is 41.5 Å². The van der Waals surface area contributed by atoms with Crippen LogP contribution in [0.4, 0.5) is 0 Å². The van der Waals surface area contributed by atoms with Crippen LogP contribution in [0.15, 0.2) is 84.6 Å². The largest absolute Gasteiger partial charge is 0.420 e. The maximum Gasteiger partial charge on any atom is 0.247 e. The first kappa shape index (κ1) is 24.3. The summed E-state index contributed by atoms with van der Waals surface area (Å²) in [7, 11) is 0. The smallest absolute Gasteiger partial charge is 0.247 e. The van der Waals surface area contributed by atoms with Crippen LogP contribution in [0.5, 0.6) is 0 Å². The highest BCUT2D eigenvalue weighted by Crippen LogP contribution is 2.33. The Morgan fingerprint density at radius 2 is 2.00 bits per heavy atom. The summed E-state index contributed by atoms with van der Waals surface area (Å²) in [6, 6.07) is 16.7. The summed E-state index contributed by atoms with van der Waals surface area (Å²) in [5.74, 6) is 1.41. The van der Waals surface area contributed by atoms with E-state index in [9.17, 15) is 0 Å². The predicted octanol–water partition coefficient (Wildman–Crippen LogP) is 6.10. The molecule has 0 spiro atoms. The standard InChI is InChI=1S/C31H30N8O/c1-3-13-38-19-24(17-32-38)29-26-16-22(11-12-27(26)33-34-29)30-35-36-31(40-30)23-9-7-14-37(18-23)20-25-15-21-8-5-6-10-28(21)39(25)4-2/h3-6,8,10-12,15-17,19,23H,1-2,7,9,13-14,18,20H2,(H,33,34)/t23-/m1/s1. The number of rotatable bonds is 8. The van der Waals surface area contributed by atoms with Gasteiger partial charge in [-0.2, -0.15) is 10.2 Å². The summed E-state index contributed by atoms with van der Waals surface area (Å²) >= 11 is 0. The van der Waals surface area contributed by atoms with Crippen molar-refractivity contribution in [1.82, 2.24) is 39.6 Å². The zero-order chi connectivity index (χ0) is 27.1. The molecule has 1 N–H and O–H groups in total. The van der Waals surface area contributed by atoms with E-state index in [2.05, 4.69) is 84.5 Å². The molecule has 1 fully saturated rings. The number of para-hydroxylation sites is 1. The lowest BCUT2D eigenvalue weighted by atomic mass is 9.98. The molecule has 9 heteroatoms. The van der Waals surface area contributed by atoms with Crippen molar-refractivity contribution in [2.45, 2.75) is 31.8 Å². The Morgan fingerprint density at radius 1 is 1.07 bits per heavy atom. The van der Waals surface area contributed by atoms with Gasteiger partial charge in [0, 0.05) is 53.1 Å². The molecule has 1 aliphatic heterocycles. The number of allylic oxidation sites excluding steroid dienone is 1.